The van der Waals surface area contributed by atoms with Crippen LogP contribution in [-0.4, -0.2) is 24.9 Å². The Kier molecular flexibility index (Phi) is 5.86. The Balaban J connectivity index is 1.61. The number of nitrogens with one attached hydrogen (secondary N) is 2. The van der Waals surface area contributed by atoms with Gasteiger partial charge in [-0.1, -0.05) is 6.07 Å². The summed E-state index contributed by atoms with van der Waals surface area (Å²) in [6.45, 7) is 0.293. The van der Waals surface area contributed by atoms with E-state index in [-0.39, 0.29) is 11.8 Å². The first-order valence-electron chi connectivity index (χ1n) is 8.47. The lowest BCUT2D eigenvalue weighted by molar-refractivity contribution is 0.0600. The van der Waals surface area contributed by atoms with Gasteiger partial charge in [0.25, 0.3) is 11.8 Å². The third kappa shape index (κ3) is 4.64. The molecule has 1 aromatic heterocycles. The number of hydrogen-bond acceptors (Lipinski definition) is 5. The molecule has 0 atom stereocenters. The number of hydrogen-bond donors (Lipinski definition) is 2. The zero-order valence-electron chi connectivity index (χ0n) is 15.1. The second-order valence-corrected chi connectivity index (χ2v) is 5.87. The van der Waals surface area contributed by atoms with Gasteiger partial charge in [0.05, 0.1) is 25.5 Å². The van der Waals surface area contributed by atoms with Crippen molar-refractivity contribution in [3.05, 3.63) is 89.4 Å². The maximum Gasteiger partial charge on any atom is 0.337 e. The molecule has 142 valence electrons. The normalized spacial score (nSPS) is 10.2. The molecule has 3 aromatic rings. The Bertz CT molecular complexity index is 978. The van der Waals surface area contributed by atoms with Crippen LogP contribution in [0.4, 0.5) is 5.69 Å². The van der Waals surface area contributed by atoms with Crippen LogP contribution in [0, 0.1) is 0 Å². The molecule has 0 unspecified atom stereocenters. The number of furan rings is 1. The maximum absolute atomic E-state index is 12.4. The van der Waals surface area contributed by atoms with E-state index < -0.39 is 5.97 Å². The number of benzene rings is 2. The van der Waals surface area contributed by atoms with E-state index in [2.05, 4.69) is 15.4 Å². The average Bonchev–Trinajstić information content (AvgIpc) is 3.25. The van der Waals surface area contributed by atoms with E-state index in [1.807, 2.05) is 0 Å². The van der Waals surface area contributed by atoms with Crippen molar-refractivity contribution in [3.8, 4) is 0 Å². The molecule has 7 nitrogen and oxygen atoms in total. The Hall–Kier alpha value is -3.87. The van der Waals surface area contributed by atoms with Gasteiger partial charge in [-0.3, -0.25) is 9.59 Å². The highest BCUT2D eigenvalue weighted by atomic mass is 16.5. The van der Waals surface area contributed by atoms with E-state index >= 15 is 0 Å². The lowest BCUT2D eigenvalue weighted by Crippen LogP contribution is -2.22. The summed E-state index contributed by atoms with van der Waals surface area (Å²) >= 11 is 0. The quantitative estimate of drug-likeness (QED) is 0.642. The Morgan fingerprint density at radius 3 is 2.32 bits per heavy atom. The van der Waals surface area contributed by atoms with Crippen molar-refractivity contribution >= 4 is 23.5 Å². The number of carbonyl (C=O) groups is 3. The molecule has 2 N–H and O–H groups in total. The van der Waals surface area contributed by atoms with Gasteiger partial charge in [0.15, 0.2) is 0 Å². The molecule has 0 saturated heterocycles. The van der Waals surface area contributed by atoms with Crippen LogP contribution in [0.2, 0.25) is 0 Å². The summed E-state index contributed by atoms with van der Waals surface area (Å²) in [7, 11) is 1.28. The minimum atomic E-state index is -0.514. The topological polar surface area (TPSA) is 97.6 Å². The molecule has 0 saturated carbocycles. The van der Waals surface area contributed by atoms with E-state index in [4.69, 9.17) is 4.42 Å². The fourth-order valence-corrected chi connectivity index (χ4v) is 2.50. The molecule has 2 aromatic carbocycles. The molecule has 3 rings (SSSR count). The minimum absolute atomic E-state index is 0.250. The first-order chi connectivity index (χ1) is 13.6. The summed E-state index contributed by atoms with van der Waals surface area (Å²) in [4.78, 5) is 36.1. The van der Waals surface area contributed by atoms with Crippen LogP contribution in [0.15, 0.2) is 71.3 Å². The van der Waals surface area contributed by atoms with Gasteiger partial charge < -0.3 is 19.8 Å². The number of amides is 2. The van der Waals surface area contributed by atoms with Gasteiger partial charge in [-0.05, 0) is 54.6 Å². The van der Waals surface area contributed by atoms with Crippen molar-refractivity contribution in [2.75, 3.05) is 12.4 Å². The molecule has 2 amide bonds. The van der Waals surface area contributed by atoms with Gasteiger partial charge in [0.2, 0.25) is 0 Å². The van der Waals surface area contributed by atoms with Gasteiger partial charge in [0.1, 0.15) is 5.76 Å². The molecule has 0 radical (unpaired) electrons. The summed E-state index contributed by atoms with van der Waals surface area (Å²) in [5, 5.41) is 5.47. The van der Waals surface area contributed by atoms with Crippen LogP contribution in [0.1, 0.15) is 36.8 Å². The second kappa shape index (κ2) is 8.68. The van der Waals surface area contributed by atoms with E-state index in [0.717, 1.165) is 0 Å². The summed E-state index contributed by atoms with van der Waals surface area (Å²) < 4.78 is 9.82. The standard InChI is InChI=1S/C21H18N2O5/c1-27-21(26)16-5-2-4-15(12-16)20(25)23-17-9-7-14(8-10-17)19(24)22-13-18-6-3-11-28-18/h2-12H,13H2,1H3,(H,22,24)(H,23,25). The van der Waals surface area contributed by atoms with Crippen LogP contribution in [0.3, 0.4) is 0 Å². The first kappa shape index (κ1) is 18.9. The molecule has 0 fully saturated rings. The molecular weight excluding hydrogens is 360 g/mol. The molecule has 7 heteroatoms. The highest BCUT2D eigenvalue weighted by molar-refractivity contribution is 6.06. The van der Waals surface area contributed by atoms with Crippen LogP contribution in [-0.2, 0) is 11.3 Å². The summed E-state index contributed by atoms with van der Waals surface area (Å²) in [5.74, 6) is -0.480. The molecule has 0 bridgehead atoms. The summed E-state index contributed by atoms with van der Waals surface area (Å²) in [5.41, 5.74) is 1.59. The third-order valence-electron chi connectivity index (χ3n) is 3.95. The number of ether oxygens (including phenoxy) is 1. The monoisotopic (exact) mass is 378 g/mol. The van der Waals surface area contributed by atoms with Crippen LogP contribution in [0.5, 0.6) is 0 Å². The van der Waals surface area contributed by atoms with Gasteiger partial charge in [-0.15, -0.1) is 0 Å². The first-order valence-corrected chi connectivity index (χ1v) is 8.47. The van der Waals surface area contributed by atoms with Crippen LogP contribution >= 0.6 is 0 Å². The van der Waals surface area contributed by atoms with E-state index in [0.29, 0.717) is 34.7 Å². The van der Waals surface area contributed by atoms with Crippen LogP contribution in [0.25, 0.3) is 0 Å². The summed E-state index contributed by atoms with van der Waals surface area (Å²) in [6.07, 6.45) is 1.54. The fraction of sp³-hybridized carbons (Fsp3) is 0.0952. The molecule has 28 heavy (non-hydrogen) atoms. The van der Waals surface area contributed by atoms with Gasteiger partial charge >= 0.3 is 5.97 Å². The lowest BCUT2D eigenvalue weighted by atomic mass is 10.1. The highest BCUT2D eigenvalue weighted by Crippen LogP contribution is 2.13. The Labute approximate surface area is 161 Å². The number of rotatable bonds is 6. The molecule has 1 heterocycles. The smallest absolute Gasteiger partial charge is 0.337 e. The SMILES string of the molecule is COC(=O)c1cccc(C(=O)Nc2ccc(C(=O)NCc3ccco3)cc2)c1. The van der Waals surface area contributed by atoms with Crippen molar-refractivity contribution in [1.82, 2.24) is 5.32 Å². The Morgan fingerprint density at radius 2 is 1.64 bits per heavy atom. The van der Waals surface area contributed by atoms with E-state index in [1.165, 1.54) is 13.2 Å². The number of esters is 1. The molecule has 0 aliphatic heterocycles. The van der Waals surface area contributed by atoms with Crippen molar-refractivity contribution < 1.29 is 23.5 Å². The fourth-order valence-electron chi connectivity index (χ4n) is 2.50. The van der Waals surface area contributed by atoms with Gasteiger partial charge in [-0.25, -0.2) is 4.79 Å². The van der Waals surface area contributed by atoms with Crippen molar-refractivity contribution in [2.24, 2.45) is 0 Å². The minimum Gasteiger partial charge on any atom is -0.467 e. The average molecular weight is 378 g/mol. The van der Waals surface area contributed by atoms with Crippen molar-refractivity contribution in [2.45, 2.75) is 6.54 Å². The molecular formula is C21H18N2O5. The lowest BCUT2D eigenvalue weighted by Gasteiger charge is -2.08. The molecule has 0 aliphatic carbocycles. The maximum atomic E-state index is 12.4. The molecule has 0 aliphatic rings. The third-order valence-corrected chi connectivity index (χ3v) is 3.95. The van der Waals surface area contributed by atoms with Crippen LogP contribution < -0.4 is 10.6 Å². The molecule has 0 spiro atoms. The zero-order valence-corrected chi connectivity index (χ0v) is 15.1. The zero-order chi connectivity index (χ0) is 19.9. The predicted molar refractivity (Wildman–Crippen MR) is 102 cm³/mol. The summed E-state index contributed by atoms with van der Waals surface area (Å²) in [6, 6.07) is 16.2. The van der Waals surface area contributed by atoms with Crippen molar-refractivity contribution in [1.29, 1.82) is 0 Å². The highest BCUT2D eigenvalue weighted by Gasteiger charge is 2.12. The predicted octanol–water partition coefficient (Wildman–Crippen LogP) is 3.25. The van der Waals surface area contributed by atoms with Crippen molar-refractivity contribution in [3.63, 3.8) is 0 Å². The second-order valence-electron chi connectivity index (χ2n) is 5.87. The van der Waals surface area contributed by atoms with E-state index in [1.54, 1.807) is 60.9 Å². The largest absolute Gasteiger partial charge is 0.467 e. The van der Waals surface area contributed by atoms with E-state index in [9.17, 15) is 14.4 Å². The Morgan fingerprint density at radius 1 is 0.893 bits per heavy atom. The van der Waals surface area contributed by atoms with Gasteiger partial charge in [-0.2, -0.15) is 0 Å². The number of methoxy groups -OCH3 is 1. The van der Waals surface area contributed by atoms with Gasteiger partial charge in [0, 0.05) is 16.8 Å². The number of carbonyl (C=O) groups excluding carboxylic acids is 3. The number of anilines is 1.